The van der Waals surface area contributed by atoms with E-state index in [1.807, 2.05) is 87.4 Å². The average Bonchev–Trinajstić information content (AvgIpc) is 2.76. The average molecular weight is 575 g/mol. The fourth-order valence-electron chi connectivity index (χ4n) is 4.10. The summed E-state index contributed by atoms with van der Waals surface area (Å²) in [5, 5.41) is 27.1. The molecule has 0 aliphatic rings. The van der Waals surface area contributed by atoms with Crippen LogP contribution in [0.25, 0.3) is 0 Å². The zero-order valence-corrected chi connectivity index (χ0v) is 26.8. The number of hydrogen-bond acceptors (Lipinski definition) is 6. The zero-order chi connectivity index (χ0) is 29.8. The maximum atomic E-state index is 12.6. The lowest BCUT2D eigenvalue weighted by molar-refractivity contribution is -0.116. The van der Waals surface area contributed by atoms with Crippen LogP contribution in [0.15, 0.2) is 24.3 Å². The summed E-state index contributed by atoms with van der Waals surface area (Å²) in [6.07, 6.45) is 0.705. The fourth-order valence-corrected chi connectivity index (χ4v) is 6.08. The number of carbonyl (C=O) groups is 2. The third kappa shape index (κ3) is 9.67. The highest BCUT2D eigenvalue weighted by Gasteiger charge is 2.27. The lowest BCUT2D eigenvalue weighted by Gasteiger charge is -2.28. The Labute approximate surface area is 242 Å². The Morgan fingerprint density at radius 3 is 1.56 bits per heavy atom. The molecule has 0 fully saturated rings. The molecule has 2 aromatic rings. The van der Waals surface area contributed by atoms with Gasteiger partial charge in [0.25, 0.3) is 0 Å². The smallest absolute Gasteiger partial charge is 0.225 e. The molecule has 0 aromatic heterocycles. The molecular formula is C31H46N2O4S2. The summed E-state index contributed by atoms with van der Waals surface area (Å²) in [5.41, 5.74) is 3.89. The standard InChI is InChI=1S/C31H46N2O4S2/c1-19-15-25(34)21(29(2,3)4)18-24(19)33-27(36)12-14-39-38-13-11-26(35)32-20-16-22(30(5,6)7)28(37)23(17-20)31(8,9)10/h15-18,34,37H,11-14H2,1-10H3,(H,32,35)(H,33,36). The minimum absolute atomic E-state index is 0.0777. The van der Waals surface area contributed by atoms with E-state index in [1.54, 1.807) is 27.7 Å². The van der Waals surface area contributed by atoms with Crippen molar-refractivity contribution in [2.24, 2.45) is 0 Å². The molecule has 2 rings (SSSR count). The minimum Gasteiger partial charge on any atom is -0.508 e. The Balaban J connectivity index is 1.84. The molecule has 0 aliphatic heterocycles. The highest BCUT2D eigenvalue weighted by molar-refractivity contribution is 8.76. The summed E-state index contributed by atoms with van der Waals surface area (Å²) in [4.78, 5) is 25.1. The number of rotatable bonds is 9. The van der Waals surface area contributed by atoms with E-state index in [9.17, 15) is 19.8 Å². The van der Waals surface area contributed by atoms with Crippen LogP contribution in [-0.2, 0) is 25.8 Å². The highest BCUT2D eigenvalue weighted by atomic mass is 33.1. The summed E-state index contributed by atoms with van der Waals surface area (Å²) in [6.45, 7) is 20.2. The number of phenolic OH excluding ortho intramolecular Hbond substituents is 2. The molecule has 2 aromatic carbocycles. The van der Waals surface area contributed by atoms with Crippen molar-refractivity contribution in [1.29, 1.82) is 0 Å². The number of aryl methyl sites for hydroxylation is 1. The summed E-state index contributed by atoms with van der Waals surface area (Å²) >= 11 is 0. The molecule has 0 saturated carbocycles. The number of hydrogen-bond donors (Lipinski definition) is 4. The largest absolute Gasteiger partial charge is 0.508 e. The van der Waals surface area contributed by atoms with Crippen LogP contribution < -0.4 is 10.6 Å². The maximum Gasteiger partial charge on any atom is 0.225 e. The van der Waals surface area contributed by atoms with Crippen molar-refractivity contribution in [3.8, 4) is 11.5 Å². The van der Waals surface area contributed by atoms with Gasteiger partial charge < -0.3 is 20.8 Å². The second-order valence-corrected chi connectivity index (χ2v) is 15.8. The van der Waals surface area contributed by atoms with Crippen LogP contribution in [0.1, 0.15) is 97.4 Å². The van der Waals surface area contributed by atoms with Gasteiger partial charge in [-0.15, -0.1) is 0 Å². The monoisotopic (exact) mass is 574 g/mol. The number of anilines is 2. The van der Waals surface area contributed by atoms with Gasteiger partial charge in [-0.3, -0.25) is 9.59 Å². The van der Waals surface area contributed by atoms with Crippen molar-refractivity contribution >= 4 is 44.8 Å². The first kappa shape index (κ1) is 32.9. The van der Waals surface area contributed by atoms with Gasteiger partial charge in [-0.25, -0.2) is 0 Å². The van der Waals surface area contributed by atoms with Crippen molar-refractivity contribution in [2.75, 3.05) is 22.1 Å². The van der Waals surface area contributed by atoms with Crippen molar-refractivity contribution in [2.45, 2.75) is 98.3 Å². The Bertz CT molecular complexity index is 1150. The molecule has 6 nitrogen and oxygen atoms in total. The van der Waals surface area contributed by atoms with E-state index in [0.29, 0.717) is 35.8 Å². The van der Waals surface area contributed by atoms with Crippen molar-refractivity contribution < 1.29 is 19.8 Å². The molecule has 8 heteroatoms. The topological polar surface area (TPSA) is 98.7 Å². The molecule has 0 bridgehead atoms. The Kier molecular flexibility index (Phi) is 10.9. The quantitative estimate of drug-likeness (QED) is 0.137. The van der Waals surface area contributed by atoms with E-state index in [0.717, 1.165) is 27.9 Å². The second-order valence-electron chi connectivity index (χ2n) is 13.1. The van der Waals surface area contributed by atoms with Gasteiger partial charge >= 0.3 is 0 Å². The second kappa shape index (κ2) is 12.9. The van der Waals surface area contributed by atoms with E-state index in [4.69, 9.17) is 0 Å². The van der Waals surface area contributed by atoms with Gasteiger partial charge in [-0.1, -0.05) is 83.9 Å². The number of phenols is 2. The van der Waals surface area contributed by atoms with Gasteiger partial charge in [0.1, 0.15) is 11.5 Å². The number of carbonyl (C=O) groups excluding carboxylic acids is 2. The third-order valence-electron chi connectivity index (χ3n) is 6.34. The third-order valence-corrected chi connectivity index (χ3v) is 8.75. The molecule has 0 heterocycles. The summed E-state index contributed by atoms with van der Waals surface area (Å²) < 4.78 is 0. The van der Waals surface area contributed by atoms with Gasteiger partial charge in [0.15, 0.2) is 0 Å². The molecule has 2 amide bonds. The molecule has 216 valence electrons. The zero-order valence-electron chi connectivity index (χ0n) is 25.2. The van der Waals surface area contributed by atoms with Gasteiger partial charge in [0.05, 0.1) is 0 Å². The van der Waals surface area contributed by atoms with E-state index < -0.39 is 0 Å². The van der Waals surface area contributed by atoms with Gasteiger partial charge in [-0.05, 0) is 53.0 Å². The fraction of sp³-hybridized carbons (Fsp3) is 0.548. The molecule has 0 unspecified atom stereocenters. The van der Waals surface area contributed by atoms with Crippen molar-refractivity contribution in [3.05, 3.63) is 46.5 Å². The molecule has 4 N–H and O–H groups in total. The van der Waals surface area contributed by atoms with Crippen LogP contribution in [0.5, 0.6) is 11.5 Å². The van der Waals surface area contributed by atoms with E-state index >= 15 is 0 Å². The van der Waals surface area contributed by atoms with Crippen LogP contribution in [0.4, 0.5) is 11.4 Å². The van der Waals surface area contributed by atoms with E-state index in [2.05, 4.69) is 10.6 Å². The lowest BCUT2D eigenvalue weighted by atomic mass is 9.79. The van der Waals surface area contributed by atoms with Crippen molar-refractivity contribution in [1.82, 2.24) is 0 Å². The molecule has 0 aliphatic carbocycles. The number of nitrogens with one attached hydrogen (secondary N) is 2. The van der Waals surface area contributed by atoms with E-state index in [-0.39, 0.29) is 33.8 Å². The molecule has 0 saturated heterocycles. The van der Waals surface area contributed by atoms with Gasteiger partial charge in [0, 0.05) is 52.4 Å². The van der Waals surface area contributed by atoms with Crippen molar-refractivity contribution in [3.63, 3.8) is 0 Å². The Morgan fingerprint density at radius 1 is 0.692 bits per heavy atom. The Hall–Kier alpha value is -2.32. The Morgan fingerprint density at radius 2 is 1.13 bits per heavy atom. The number of aromatic hydroxyl groups is 2. The number of amides is 2. The molecular weight excluding hydrogens is 528 g/mol. The SMILES string of the molecule is Cc1cc(O)c(C(C)(C)C)cc1NC(=O)CCSSCCC(=O)Nc1cc(C(C)(C)C)c(O)c(C(C)(C)C)c1. The molecule has 0 spiro atoms. The summed E-state index contributed by atoms with van der Waals surface area (Å²) in [7, 11) is 3.14. The lowest BCUT2D eigenvalue weighted by Crippen LogP contribution is -2.19. The van der Waals surface area contributed by atoms with Gasteiger partial charge in [-0.2, -0.15) is 0 Å². The van der Waals surface area contributed by atoms with Crippen LogP contribution in [0.3, 0.4) is 0 Å². The summed E-state index contributed by atoms with van der Waals surface area (Å²) in [6, 6.07) is 7.27. The predicted octanol–water partition coefficient (Wildman–Crippen LogP) is 8.04. The van der Waals surface area contributed by atoms with Crippen LogP contribution in [0.2, 0.25) is 0 Å². The normalized spacial score (nSPS) is 12.4. The molecule has 39 heavy (non-hydrogen) atoms. The van der Waals surface area contributed by atoms with Crippen LogP contribution >= 0.6 is 21.6 Å². The first-order chi connectivity index (χ1) is 17.8. The number of benzene rings is 2. The first-order valence-corrected chi connectivity index (χ1v) is 15.9. The van der Waals surface area contributed by atoms with Crippen LogP contribution in [-0.4, -0.2) is 33.5 Å². The first-order valence-electron chi connectivity index (χ1n) is 13.4. The minimum atomic E-state index is -0.264. The van der Waals surface area contributed by atoms with Gasteiger partial charge in [0.2, 0.25) is 11.8 Å². The molecule has 0 atom stereocenters. The highest BCUT2D eigenvalue weighted by Crippen LogP contribution is 2.41. The molecule has 0 radical (unpaired) electrons. The maximum absolute atomic E-state index is 12.6. The summed E-state index contributed by atoms with van der Waals surface area (Å²) in [5.74, 6) is 1.63. The van der Waals surface area contributed by atoms with E-state index in [1.165, 1.54) is 0 Å². The predicted molar refractivity (Wildman–Crippen MR) is 168 cm³/mol. The van der Waals surface area contributed by atoms with Crippen LogP contribution in [0, 0.1) is 6.92 Å².